The van der Waals surface area contributed by atoms with Gasteiger partial charge in [0.25, 0.3) is 5.91 Å². The number of benzene rings is 1. The van der Waals surface area contributed by atoms with E-state index in [2.05, 4.69) is 27.7 Å². The van der Waals surface area contributed by atoms with Crippen LogP contribution < -0.4 is 0 Å². The predicted molar refractivity (Wildman–Crippen MR) is 107 cm³/mol. The summed E-state index contributed by atoms with van der Waals surface area (Å²) in [4.78, 5) is 27.4. The van der Waals surface area contributed by atoms with Crippen LogP contribution in [0.4, 0.5) is 0 Å². The van der Waals surface area contributed by atoms with Crippen LogP contribution in [0.3, 0.4) is 0 Å². The number of thioether (sulfide) groups is 1. The number of esters is 1. The minimum absolute atomic E-state index is 0.0273. The monoisotopic (exact) mass is 377 g/mol. The van der Waals surface area contributed by atoms with Crippen molar-refractivity contribution >= 4 is 23.6 Å². The molecule has 0 radical (unpaired) electrons. The molecule has 1 fully saturated rings. The van der Waals surface area contributed by atoms with Gasteiger partial charge in [-0.25, -0.2) is 4.79 Å². The van der Waals surface area contributed by atoms with Gasteiger partial charge in [0.1, 0.15) is 6.04 Å². The van der Waals surface area contributed by atoms with Crippen molar-refractivity contribution in [2.24, 2.45) is 0 Å². The minimum atomic E-state index is -0.506. The number of carbonyl (C=O) groups is 2. The van der Waals surface area contributed by atoms with Gasteiger partial charge in [0.05, 0.1) is 11.5 Å². The molecule has 1 aliphatic rings. The van der Waals surface area contributed by atoms with Gasteiger partial charge in [0.2, 0.25) is 0 Å². The standard InChI is InChI=1S/C21H31NO3S/c1-7-8-18-22(17(13-26-18)20(24)25-14(2)3)19(23)15-9-11-16(12-10-15)21(4,5)6/h9-12,14,17-18H,7-8,13H2,1-6H3. The van der Waals surface area contributed by atoms with Crippen LogP contribution in [-0.4, -0.2) is 40.0 Å². The Bertz CT molecular complexity index is 634. The normalized spacial score (nSPS) is 20.5. The van der Waals surface area contributed by atoms with E-state index in [0.29, 0.717) is 11.3 Å². The topological polar surface area (TPSA) is 46.6 Å². The van der Waals surface area contributed by atoms with E-state index >= 15 is 0 Å². The lowest BCUT2D eigenvalue weighted by molar-refractivity contribution is -0.151. The largest absolute Gasteiger partial charge is 0.461 e. The number of nitrogens with zero attached hydrogens (tertiary/aromatic N) is 1. The van der Waals surface area contributed by atoms with Crippen LogP contribution >= 0.6 is 11.8 Å². The molecule has 2 rings (SSSR count). The highest BCUT2D eigenvalue weighted by molar-refractivity contribution is 8.00. The molecule has 0 spiro atoms. The molecule has 0 bridgehead atoms. The first-order valence-corrected chi connectivity index (χ1v) is 10.4. The summed E-state index contributed by atoms with van der Waals surface area (Å²) in [5.74, 6) is 0.215. The molecule has 26 heavy (non-hydrogen) atoms. The maximum Gasteiger partial charge on any atom is 0.330 e. The zero-order valence-corrected chi connectivity index (χ0v) is 17.6. The van der Waals surface area contributed by atoms with Crippen molar-refractivity contribution in [3.63, 3.8) is 0 Å². The maximum absolute atomic E-state index is 13.2. The summed E-state index contributed by atoms with van der Waals surface area (Å²) in [7, 11) is 0. The number of amides is 1. The summed E-state index contributed by atoms with van der Waals surface area (Å²) in [6.07, 6.45) is 1.67. The highest BCUT2D eigenvalue weighted by Crippen LogP contribution is 2.34. The van der Waals surface area contributed by atoms with Gasteiger partial charge in [0.15, 0.2) is 0 Å². The third-order valence-electron chi connectivity index (χ3n) is 4.48. The molecule has 1 amide bonds. The lowest BCUT2D eigenvalue weighted by Crippen LogP contribution is -2.46. The number of carbonyl (C=O) groups excluding carboxylic acids is 2. The van der Waals surface area contributed by atoms with Gasteiger partial charge in [-0.1, -0.05) is 46.2 Å². The summed E-state index contributed by atoms with van der Waals surface area (Å²) in [6, 6.07) is 7.26. The molecule has 4 nitrogen and oxygen atoms in total. The SMILES string of the molecule is CCCC1SCC(C(=O)OC(C)C)N1C(=O)c1ccc(C(C)(C)C)cc1. The number of hydrogen-bond donors (Lipinski definition) is 0. The summed E-state index contributed by atoms with van der Waals surface area (Å²) in [6.45, 7) is 12.2. The fourth-order valence-electron chi connectivity index (χ4n) is 3.06. The van der Waals surface area contributed by atoms with E-state index in [1.807, 2.05) is 38.1 Å². The zero-order valence-electron chi connectivity index (χ0n) is 16.7. The molecule has 1 heterocycles. The van der Waals surface area contributed by atoms with Gasteiger partial charge in [-0.2, -0.15) is 0 Å². The summed E-state index contributed by atoms with van der Waals surface area (Å²) >= 11 is 1.67. The van der Waals surface area contributed by atoms with Crippen molar-refractivity contribution in [1.82, 2.24) is 4.90 Å². The Hall–Kier alpha value is -1.49. The van der Waals surface area contributed by atoms with Gasteiger partial charge in [0, 0.05) is 11.3 Å². The average Bonchev–Trinajstić information content (AvgIpc) is 2.97. The molecule has 1 saturated heterocycles. The Kier molecular flexibility index (Phi) is 6.78. The molecule has 144 valence electrons. The molecular formula is C21H31NO3S. The fraction of sp³-hybridized carbons (Fsp3) is 0.619. The van der Waals surface area contributed by atoms with Crippen molar-refractivity contribution in [3.8, 4) is 0 Å². The van der Waals surface area contributed by atoms with Crippen LogP contribution in [0.5, 0.6) is 0 Å². The van der Waals surface area contributed by atoms with Gasteiger partial charge >= 0.3 is 5.97 Å². The van der Waals surface area contributed by atoms with Crippen molar-refractivity contribution < 1.29 is 14.3 Å². The summed E-state index contributed by atoms with van der Waals surface area (Å²) in [5.41, 5.74) is 1.86. The van der Waals surface area contributed by atoms with E-state index in [9.17, 15) is 9.59 Å². The highest BCUT2D eigenvalue weighted by Gasteiger charge is 2.42. The second kappa shape index (κ2) is 8.47. The van der Waals surface area contributed by atoms with Gasteiger partial charge in [-0.3, -0.25) is 4.79 Å². The first-order chi connectivity index (χ1) is 12.1. The van der Waals surface area contributed by atoms with E-state index < -0.39 is 6.04 Å². The van der Waals surface area contributed by atoms with Crippen molar-refractivity contribution in [2.45, 2.75) is 77.3 Å². The highest BCUT2D eigenvalue weighted by atomic mass is 32.2. The second-order valence-electron chi connectivity index (χ2n) is 8.12. The Labute approximate surface area is 161 Å². The first-order valence-electron chi connectivity index (χ1n) is 9.40. The quantitative estimate of drug-likeness (QED) is 0.703. The Morgan fingerprint density at radius 2 is 1.85 bits per heavy atom. The van der Waals surface area contributed by atoms with Crippen LogP contribution in [0, 0.1) is 0 Å². The maximum atomic E-state index is 13.2. The second-order valence-corrected chi connectivity index (χ2v) is 9.33. The fourth-order valence-corrected chi connectivity index (χ4v) is 4.57. The van der Waals surface area contributed by atoms with Gasteiger partial charge in [-0.15, -0.1) is 11.8 Å². The van der Waals surface area contributed by atoms with Crippen molar-refractivity contribution in [2.75, 3.05) is 5.75 Å². The lowest BCUT2D eigenvalue weighted by atomic mass is 9.86. The van der Waals surface area contributed by atoms with Gasteiger partial charge < -0.3 is 9.64 Å². The third kappa shape index (κ3) is 4.81. The molecule has 1 aromatic carbocycles. The minimum Gasteiger partial charge on any atom is -0.461 e. The molecule has 1 aliphatic heterocycles. The van der Waals surface area contributed by atoms with Crippen LogP contribution in [0.2, 0.25) is 0 Å². The smallest absolute Gasteiger partial charge is 0.330 e. The molecular weight excluding hydrogens is 346 g/mol. The van der Waals surface area contributed by atoms with Crippen LogP contribution in [0.15, 0.2) is 24.3 Å². The average molecular weight is 378 g/mol. The first kappa shape index (κ1) is 20.8. The zero-order chi connectivity index (χ0) is 19.5. The Morgan fingerprint density at radius 1 is 1.23 bits per heavy atom. The predicted octanol–water partition coefficient (Wildman–Crippen LogP) is 4.62. The van der Waals surface area contributed by atoms with Crippen molar-refractivity contribution in [1.29, 1.82) is 0 Å². The van der Waals surface area contributed by atoms with E-state index in [4.69, 9.17) is 4.74 Å². The lowest BCUT2D eigenvalue weighted by Gasteiger charge is -2.29. The summed E-state index contributed by atoms with van der Waals surface area (Å²) < 4.78 is 5.39. The van der Waals surface area contributed by atoms with Crippen LogP contribution in [-0.2, 0) is 14.9 Å². The Balaban J connectivity index is 2.26. The van der Waals surface area contributed by atoms with E-state index in [0.717, 1.165) is 12.8 Å². The van der Waals surface area contributed by atoms with Crippen molar-refractivity contribution in [3.05, 3.63) is 35.4 Å². The van der Waals surface area contributed by atoms with E-state index in [1.165, 1.54) is 5.56 Å². The molecule has 2 atom stereocenters. The van der Waals surface area contributed by atoms with Crippen LogP contribution in [0.1, 0.15) is 70.3 Å². The van der Waals surface area contributed by atoms with E-state index in [1.54, 1.807) is 16.7 Å². The molecule has 0 N–H and O–H groups in total. The van der Waals surface area contributed by atoms with Crippen LogP contribution in [0.25, 0.3) is 0 Å². The molecule has 1 aromatic rings. The van der Waals surface area contributed by atoms with E-state index in [-0.39, 0.29) is 28.8 Å². The molecule has 2 unspecified atom stereocenters. The molecule has 0 saturated carbocycles. The number of ether oxygens (including phenoxy) is 1. The number of rotatable bonds is 5. The Morgan fingerprint density at radius 3 is 2.35 bits per heavy atom. The molecule has 0 aliphatic carbocycles. The molecule has 5 heteroatoms. The summed E-state index contributed by atoms with van der Waals surface area (Å²) in [5, 5.41) is 0.0273. The van der Waals surface area contributed by atoms with Gasteiger partial charge in [-0.05, 0) is 43.4 Å². The third-order valence-corrected chi connectivity index (χ3v) is 5.84. The number of hydrogen-bond acceptors (Lipinski definition) is 4. The molecule has 0 aromatic heterocycles.